The number of nitrogens with one attached hydrogen (secondary N) is 2. The molecule has 2 aliphatic rings. The van der Waals surface area contributed by atoms with E-state index in [4.69, 9.17) is 0 Å². The van der Waals surface area contributed by atoms with Gasteiger partial charge in [-0.2, -0.15) is 0 Å². The number of hydrogen-bond donors (Lipinski definition) is 2. The number of hydrogen-bond acceptors (Lipinski definition) is 3. The Morgan fingerprint density at radius 1 is 1.35 bits per heavy atom. The fourth-order valence-electron chi connectivity index (χ4n) is 4.08. The zero-order valence-corrected chi connectivity index (χ0v) is 17.3. The van der Waals surface area contributed by atoms with E-state index in [1.807, 2.05) is 13.2 Å². The van der Waals surface area contributed by atoms with E-state index in [1.54, 1.807) is 11.3 Å². The van der Waals surface area contributed by atoms with Crippen LogP contribution in [0.3, 0.4) is 0 Å². The number of nitrogens with zero attached hydrogens (tertiary/aromatic N) is 2. The Morgan fingerprint density at radius 2 is 2.22 bits per heavy atom. The van der Waals surface area contributed by atoms with Crippen LogP contribution in [0.1, 0.15) is 48.9 Å². The Morgan fingerprint density at radius 3 is 2.83 bits per heavy atom. The van der Waals surface area contributed by atoms with Gasteiger partial charge in [0.15, 0.2) is 5.96 Å². The van der Waals surface area contributed by atoms with Crippen LogP contribution in [-0.2, 0) is 13.0 Å². The molecule has 0 aromatic carbocycles. The van der Waals surface area contributed by atoms with Crippen LogP contribution < -0.4 is 10.6 Å². The van der Waals surface area contributed by atoms with E-state index in [9.17, 15) is 0 Å². The van der Waals surface area contributed by atoms with Crippen LogP contribution in [0.2, 0.25) is 0 Å². The summed E-state index contributed by atoms with van der Waals surface area (Å²) < 4.78 is 0. The van der Waals surface area contributed by atoms with Gasteiger partial charge >= 0.3 is 0 Å². The molecule has 3 unspecified atom stereocenters. The lowest BCUT2D eigenvalue weighted by Gasteiger charge is -2.22. The second-order valence-electron chi connectivity index (χ2n) is 6.65. The molecule has 3 rings (SSSR count). The fourth-order valence-corrected chi connectivity index (χ4v) is 4.88. The average molecular weight is 448 g/mol. The zero-order valence-electron chi connectivity index (χ0n) is 14.2. The molecular weight excluding hydrogens is 419 g/mol. The van der Waals surface area contributed by atoms with Crippen molar-refractivity contribution in [1.82, 2.24) is 15.6 Å². The Labute approximate surface area is 161 Å². The van der Waals surface area contributed by atoms with Crippen LogP contribution in [0.15, 0.2) is 11.2 Å². The van der Waals surface area contributed by atoms with Crippen molar-refractivity contribution in [3.05, 3.63) is 16.1 Å². The lowest BCUT2D eigenvalue weighted by molar-refractivity contribution is 0.315. The van der Waals surface area contributed by atoms with Gasteiger partial charge in [0, 0.05) is 24.7 Å². The quantitative estimate of drug-likeness (QED) is 0.395. The highest BCUT2D eigenvalue weighted by Crippen LogP contribution is 2.49. The van der Waals surface area contributed by atoms with Crippen molar-refractivity contribution in [3.8, 4) is 0 Å². The van der Waals surface area contributed by atoms with Crippen molar-refractivity contribution in [3.63, 3.8) is 0 Å². The van der Waals surface area contributed by atoms with Crippen molar-refractivity contribution in [1.29, 1.82) is 0 Å². The van der Waals surface area contributed by atoms with Crippen molar-refractivity contribution in [2.75, 3.05) is 13.6 Å². The van der Waals surface area contributed by atoms with Gasteiger partial charge in [-0.3, -0.25) is 4.99 Å². The maximum atomic E-state index is 4.44. The Kier molecular flexibility index (Phi) is 7.59. The van der Waals surface area contributed by atoms with Gasteiger partial charge in [0.1, 0.15) is 5.01 Å². The number of guanidine groups is 1. The summed E-state index contributed by atoms with van der Waals surface area (Å²) in [5.74, 6) is 3.92. The smallest absolute Gasteiger partial charge is 0.191 e. The fraction of sp³-hybridized carbons (Fsp3) is 0.765. The molecule has 2 N–H and O–H groups in total. The largest absolute Gasteiger partial charge is 0.356 e. The molecule has 2 saturated carbocycles. The summed E-state index contributed by atoms with van der Waals surface area (Å²) in [6.45, 7) is 3.96. The molecule has 2 bridgehead atoms. The van der Waals surface area contributed by atoms with Gasteiger partial charge in [-0.1, -0.05) is 13.3 Å². The number of thiazole rings is 1. The second-order valence-corrected chi connectivity index (χ2v) is 7.85. The third-order valence-corrected chi connectivity index (χ3v) is 6.41. The van der Waals surface area contributed by atoms with Crippen LogP contribution in [0.4, 0.5) is 0 Å². The van der Waals surface area contributed by atoms with E-state index in [0.717, 1.165) is 48.2 Å². The average Bonchev–Trinajstić information content (AvgIpc) is 3.26. The molecule has 130 valence electrons. The molecule has 1 aromatic heterocycles. The highest BCUT2D eigenvalue weighted by atomic mass is 127. The first kappa shape index (κ1) is 19.0. The van der Waals surface area contributed by atoms with Gasteiger partial charge in [-0.25, -0.2) is 4.98 Å². The highest BCUT2D eigenvalue weighted by molar-refractivity contribution is 14.0. The molecule has 6 heteroatoms. The van der Waals surface area contributed by atoms with Gasteiger partial charge in [-0.15, -0.1) is 35.3 Å². The minimum atomic E-state index is 0. The normalized spacial score (nSPS) is 26.2. The zero-order chi connectivity index (χ0) is 15.4. The SMILES string of the molecule is CCc1cnc(CNC(=NC)NCCC2CC3CCC2C3)s1.I. The van der Waals surface area contributed by atoms with E-state index >= 15 is 0 Å². The Bertz CT molecular complexity index is 516. The minimum absolute atomic E-state index is 0. The molecule has 3 atom stereocenters. The molecule has 0 spiro atoms. The molecule has 0 radical (unpaired) electrons. The molecule has 0 saturated heterocycles. The molecular formula is C17H29IN4S. The van der Waals surface area contributed by atoms with Gasteiger partial charge in [0.25, 0.3) is 0 Å². The van der Waals surface area contributed by atoms with Gasteiger partial charge in [-0.05, 0) is 49.9 Å². The van der Waals surface area contributed by atoms with Crippen LogP contribution in [0.5, 0.6) is 0 Å². The number of halogens is 1. The van der Waals surface area contributed by atoms with Crippen LogP contribution >= 0.6 is 35.3 Å². The van der Waals surface area contributed by atoms with E-state index in [0.29, 0.717) is 0 Å². The van der Waals surface area contributed by atoms with Crippen LogP contribution in [0, 0.1) is 17.8 Å². The van der Waals surface area contributed by atoms with Gasteiger partial charge in [0.05, 0.1) is 6.54 Å². The molecule has 4 nitrogen and oxygen atoms in total. The Hall–Kier alpha value is -0.370. The molecule has 1 heterocycles. The molecule has 0 aliphatic heterocycles. The van der Waals surface area contributed by atoms with Crippen molar-refractivity contribution < 1.29 is 0 Å². The summed E-state index contributed by atoms with van der Waals surface area (Å²) in [4.78, 5) is 10.1. The monoisotopic (exact) mass is 448 g/mol. The summed E-state index contributed by atoms with van der Waals surface area (Å²) in [6, 6.07) is 0. The molecule has 2 fully saturated rings. The first-order valence-electron chi connectivity index (χ1n) is 8.66. The van der Waals surface area contributed by atoms with Crippen molar-refractivity contribution in [2.24, 2.45) is 22.7 Å². The second kappa shape index (κ2) is 9.20. The van der Waals surface area contributed by atoms with Gasteiger partial charge in [0.2, 0.25) is 0 Å². The first-order valence-corrected chi connectivity index (χ1v) is 9.48. The number of aromatic nitrogens is 1. The maximum Gasteiger partial charge on any atom is 0.191 e. The predicted molar refractivity (Wildman–Crippen MR) is 109 cm³/mol. The third kappa shape index (κ3) is 5.05. The summed E-state index contributed by atoms with van der Waals surface area (Å²) in [5, 5.41) is 7.96. The number of rotatable bonds is 6. The molecule has 0 amide bonds. The standard InChI is InChI=1S/C17H28N4S.HI/c1-3-15-10-20-16(22-15)11-21-17(18-2)19-7-6-14-9-12-4-5-13(14)8-12;/h10,12-14H,3-9,11H2,1-2H3,(H2,18,19,21);1H. The summed E-state index contributed by atoms with van der Waals surface area (Å²) in [5.41, 5.74) is 0. The van der Waals surface area contributed by atoms with Crippen molar-refractivity contribution in [2.45, 2.75) is 52.0 Å². The van der Waals surface area contributed by atoms with E-state index in [2.05, 4.69) is 27.5 Å². The summed E-state index contributed by atoms with van der Waals surface area (Å²) in [7, 11) is 1.84. The number of aliphatic imine (C=N–C) groups is 1. The molecule has 23 heavy (non-hydrogen) atoms. The number of fused-ring (bicyclic) bond motifs is 2. The van der Waals surface area contributed by atoms with E-state index < -0.39 is 0 Å². The highest BCUT2D eigenvalue weighted by Gasteiger charge is 2.38. The van der Waals surface area contributed by atoms with E-state index in [-0.39, 0.29) is 24.0 Å². The van der Waals surface area contributed by atoms with Gasteiger partial charge < -0.3 is 10.6 Å². The van der Waals surface area contributed by atoms with Crippen LogP contribution in [0.25, 0.3) is 0 Å². The van der Waals surface area contributed by atoms with Crippen LogP contribution in [-0.4, -0.2) is 24.5 Å². The summed E-state index contributed by atoms with van der Waals surface area (Å²) >= 11 is 1.78. The molecule has 1 aromatic rings. The Balaban J connectivity index is 0.00000192. The van der Waals surface area contributed by atoms with E-state index in [1.165, 1.54) is 37.0 Å². The minimum Gasteiger partial charge on any atom is -0.356 e. The predicted octanol–water partition coefficient (Wildman–Crippen LogP) is 3.81. The maximum absolute atomic E-state index is 4.44. The summed E-state index contributed by atoms with van der Waals surface area (Å²) in [6.07, 6.45) is 10.3. The number of aryl methyl sites for hydroxylation is 1. The first-order chi connectivity index (χ1) is 10.8. The lowest BCUT2D eigenvalue weighted by Crippen LogP contribution is -2.38. The lowest BCUT2D eigenvalue weighted by atomic mass is 9.86. The van der Waals surface area contributed by atoms with Crippen molar-refractivity contribution >= 4 is 41.3 Å². The topological polar surface area (TPSA) is 49.3 Å². The third-order valence-electron chi connectivity index (χ3n) is 5.27. The molecule has 2 aliphatic carbocycles.